The number of carbonyl (C=O) groups is 2. The fourth-order valence-corrected chi connectivity index (χ4v) is 4.51. The summed E-state index contributed by atoms with van der Waals surface area (Å²) >= 11 is 0. The van der Waals surface area contributed by atoms with Crippen molar-refractivity contribution in [3.63, 3.8) is 0 Å². The zero-order valence-electron chi connectivity index (χ0n) is 17.9. The number of hydrogen-bond donors (Lipinski definition) is 1. The number of aliphatic hydroxyl groups is 1. The fourth-order valence-electron chi connectivity index (χ4n) is 4.51. The fraction of sp³-hybridized carbons (Fsp3) is 0.231. The van der Waals surface area contributed by atoms with E-state index in [-0.39, 0.29) is 25.5 Å². The number of aryl methyl sites for hydroxylation is 2. The van der Waals surface area contributed by atoms with Crippen molar-refractivity contribution < 1.29 is 24.2 Å². The van der Waals surface area contributed by atoms with Crippen LogP contribution in [0.25, 0.3) is 0 Å². The van der Waals surface area contributed by atoms with E-state index in [9.17, 15) is 14.7 Å². The molecule has 2 aliphatic rings. The van der Waals surface area contributed by atoms with Gasteiger partial charge in [0.25, 0.3) is 5.91 Å². The molecule has 0 bridgehead atoms. The van der Waals surface area contributed by atoms with Gasteiger partial charge in [-0.15, -0.1) is 0 Å². The molecule has 5 rings (SSSR count). The molecule has 0 saturated carbocycles. The van der Waals surface area contributed by atoms with Crippen LogP contribution in [0.2, 0.25) is 0 Å². The van der Waals surface area contributed by atoms with E-state index >= 15 is 0 Å². The molecule has 2 heterocycles. The Morgan fingerprint density at radius 2 is 1.81 bits per heavy atom. The molecule has 162 valence electrons. The number of carbonyl (C=O) groups excluding carboxylic acids is 2. The number of para-hydroxylation sites is 1. The lowest BCUT2D eigenvalue weighted by Crippen LogP contribution is -2.41. The molecule has 0 aliphatic carbocycles. The predicted octanol–water partition coefficient (Wildman–Crippen LogP) is 4.04. The average Bonchev–Trinajstić information content (AvgIpc) is 3.31. The van der Waals surface area contributed by atoms with Crippen molar-refractivity contribution >= 4 is 17.4 Å². The number of anilines is 1. The number of benzene rings is 3. The summed E-state index contributed by atoms with van der Waals surface area (Å²) in [7, 11) is 0. The summed E-state index contributed by atoms with van der Waals surface area (Å²) in [5.74, 6) is 0.521. The van der Waals surface area contributed by atoms with Gasteiger partial charge in [-0.05, 0) is 43.2 Å². The maximum Gasteiger partial charge on any atom is 0.264 e. The maximum atomic E-state index is 13.5. The Labute approximate surface area is 186 Å². The van der Waals surface area contributed by atoms with Crippen LogP contribution >= 0.6 is 0 Å². The number of nitrogens with zero attached hydrogens (tertiary/aromatic N) is 1. The average molecular weight is 429 g/mol. The number of hydrogen-bond acceptors (Lipinski definition) is 5. The van der Waals surface area contributed by atoms with E-state index in [1.807, 2.05) is 44.2 Å². The monoisotopic (exact) mass is 429 g/mol. The van der Waals surface area contributed by atoms with Gasteiger partial charge in [-0.1, -0.05) is 48.0 Å². The summed E-state index contributed by atoms with van der Waals surface area (Å²) in [5.41, 5.74) is 2.37. The van der Waals surface area contributed by atoms with E-state index in [1.165, 1.54) is 4.90 Å². The smallest absolute Gasteiger partial charge is 0.264 e. The SMILES string of the molecule is Cc1ccc(C(=O)C[C@@]2(O)C(=O)N(Cc3ccc4c(c3)OCO4)c3ccccc32)c(C)c1. The lowest BCUT2D eigenvalue weighted by molar-refractivity contribution is -0.136. The van der Waals surface area contributed by atoms with Gasteiger partial charge < -0.3 is 19.5 Å². The quantitative estimate of drug-likeness (QED) is 0.620. The minimum Gasteiger partial charge on any atom is -0.454 e. The number of rotatable bonds is 5. The van der Waals surface area contributed by atoms with Gasteiger partial charge in [-0.3, -0.25) is 9.59 Å². The highest BCUT2D eigenvalue weighted by Gasteiger charge is 2.50. The Kier molecular flexibility index (Phi) is 4.75. The highest BCUT2D eigenvalue weighted by atomic mass is 16.7. The van der Waals surface area contributed by atoms with Crippen molar-refractivity contribution in [1.29, 1.82) is 0 Å². The summed E-state index contributed by atoms with van der Waals surface area (Å²) in [5, 5.41) is 11.5. The minimum absolute atomic E-state index is 0.171. The molecular weight excluding hydrogens is 406 g/mol. The molecule has 2 aliphatic heterocycles. The molecule has 0 radical (unpaired) electrons. The van der Waals surface area contributed by atoms with Gasteiger partial charge in [0.1, 0.15) is 0 Å². The second-order valence-corrected chi connectivity index (χ2v) is 8.37. The third-order valence-corrected chi connectivity index (χ3v) is 6.12. The first-order valence-electron chi connectivity index (χ1n) is 10.5. The van der Waals surface area contributed by atoms with Gasteiger partial charge in [-0.25, -0.2) is 0 Å². The summed E-state index contributed by atoms with van der Waals surface area (Å²) < 4.78 is 10.8. The molecule has 32 heavy (non-hydrogen) atoms. The van der Waals surface area contributed by atoms with Crippen molar-refractivity contribution in [3.05, 3.63) is 88.5 Å². The third-order valence-electron chi connectivity index (χ3n) is 6.12. The summed E-state index contributed by atoms with van der Waals surface area (Å²) in [6.45, 7) is 4.23. The van der Waals surface area contributed by atoms with Gasteiger partial charge in [0, 0.05) is 11.1 Å². The second kappa shape index (κ2) is 7.50. The molecule has 0 unspecified atom stereocenters. The van der Waals surface area contributed by atoms with E-state index in [2.05, 4.69) is 0 Å². The molecule has 0 aromatic heterocycles. The van der Waals surface area contributed by atoms with E-state index < -0.39 is 11.5 Å². The molecule has 3 aromatic carbocycles. The molecular formula is C26H23NO5. The van der Waals surface area contributed by atoms with Crippen molar-refractivity contribution in [1.82, 2.24) is 0 Å². The number of fused-ring (bicyclic) bond motifs is 2. The van der Waals surface area contributed by atoms with Crippen LogP contribution in [0.1, 0.15) is 39.0 Å². The predicted molar refractivity (Wildman–Crippen MR) is 119 cm³/mol. The van der Waals surface area contributed by atoms with Crippen LogP contribution in [0.4, 0.5) is 5.69 Å². The van der Waals surface area contributed by atoms with E-state index in [1.54, 1.807) is 30.3 Å². The van der Waals surface area contributed by atoms with Crippen LogP contribution in [0.3, 0.4) is 0 Å². The van der Waals surface area contributed by atoms with Crippen molar-refractivity contribution in [2.75, 3.05) is 11.7 Å². The molecule has 0 spiro atoms. The second-order valence-electron chi connectivity index (χ2n) is 8.37. The van der Waals surface area contributed by atoms with Gasteiger partial charge in [0.15, 0.2) is 22.9 Å². The lowest BCUT2D eigenvalue weighted by Gasteiger charge is -2.23. The summed E-state index contributed by atoms with van der Waals surface area (Å²) in [6.07, 6.45) is -0.315. The van der Waals surface area contributed by atoms with Crippen molar-refractivity contribution in [2.24, 2.45) is 0 Å². The Hall–Kier alpha value is -3.64. The Morgan fingerprint density at radius 1 is 1.03 bits per heavy atom. The normalized spacial score (nSPS) is 18.7. The number of amides is 1. The molecule has 6 heteroatoms. The van der Waals surface area contributed by atoms with Gasteiger partial charge >= 0.3 is 0 Å². The molecule has 1 atom stereocenters. The van der Waals surface area contributed by atoms with Crippen LogP contribution in [-0.2, 0) is 16.9 Å². The Bertz CT molecular complexity index is 1250. The van der Waals surface area contributed by atoms with Crippen LogP contribution in [0, 0.1) is 13.8 Å². The van der Waals surface area contributed by atoms with Gasteiger partial charge in [0.05, 0.1) is 18.7 Å². The topological polar surface area (TPSA) is 76.1 Å². The first-order chi connectivity index (χ1) is 15.4. The maximum absolute atomic E-state index is 13.5. The lowest BCUT2D eigenvalue weighted by atomic mass is 9.87. The number of Topliss-reactive ketones (excluding diaryl/α,β-unsaturated/α-hetero) is 1. The zero-order chi connectivity index (χ0) is 22.5. The van der Waals surface area contributed by atoms with Crippen LogP contribution in [0.5, 0.6) is 11.5 Å². The van der Waals surface area contributed by atoms with E-state index in [0.29, 0.717) is 28.3 Å². The van der Waals surface area contributed by atoms with Gasteiger partial charge in [0.2, 0.25) is 6.79 Å². The molecule has 0 fully saturated rings. The van der Waals surface area contributed by atoms with Crippen LogP contribution in [-0.4, -0.2) is 23.6 Å². The first-order valence-corrected chi connectivity index (χ1v) is 10.5. The summed E-state index contributed by atoms with van der Waals surface area (Å²) in [6, 6.07) is 18.1. The Morgan fingerprint density at radius 3 is 2.62 bits per heavy atom. The Balaban J connectivity index is 1.47. The number of ketones is 1. The van der Waals surface area contributed by atoms with E-state index in [0.717, 1.165) is 16.7 Å². The van der Waals surface area contributed by atoms with E-state index in [4.69, 9.17) is 9.47 Å². The molecule has 1 N–H and O–H groups in total. The third kappa shape index (κ3) is 3.24. The zero-order valence-corrected chi connectivity index (χ0v) is 17.9. The van der Waals surface area contributed by atoms with Gasteiger partial charge in [-0.2, -0.15) is 0 Å². The molecule has 0 saturated heterocycles. The standard InChI is InChI=1S/C26H23NO5/c1-16-7-9-19(17(2)11-16)22(28)13-26(30)20-5-3-4-6-21(20)27(25(26)29)14-18-8-10-23-24(12-18)32-15-31-23/h3-12,30H,13-15H2,1-2H3/t26-/m0/s1. The summed E-state index contributed by atoms with van der Waals surface area (Å²) in [4.78, 5) is 28.2. The van der Waals surface area contributed by atoms with Crippen LogP contribution in [0.15, 0.2) is 60.7 Å². The first kappa shape index (κ1) is 20.3. The highest BCUT2D eigenvalue weighted by molar-refractivity contribution is 6.11. The highest BCUT2D eigenvalue weighted by Crippen LogP contribution is 2.44. The van der Waals surface area contributed by atoms with Crippen molar-refractivity contribution in [2.45, 2.75) is 32.4 Å². The molecule has 1 amide bonds. The largest absolute Gasteiger partial charge is 0.454 e. The molecule has 3 aromatic rings. The molecule has 6 nitrogen and oxygen atoms in total. The van der Waals surface area contributed by atoms with Crippen LogP contribution < -0.4 is 14.4 Å². The number of ether oxygens (including phenoxy) is 2. The van der Waals surface area contributed by atoms with Crippen molar-refractivity contribution in [3.8, 4) is 11.5 Å². The minimum atomic E-state index is -1.92.